The Balaban J connectivity index is 2.73. The van der Waals surface area contributed by atoms with E-state index in [1.807, 2.05) is 11.3 Å². The molecule has 0 aromatic carbocycles. The molecule has 0 fully saturated rings. The minimum absolute atomic E-state index is 0.420. The fourth-order valence-electron chi connectivity index (χ4n) is 1.99. The van der Waals surface area contributed by atoms with Gasteiger partial charge in [0.1, 0.15) is 0 Å². The molecule has 1 N–H and O–H groups in total. The fourth-order valence-corrected chi connectivity index (χ4v) is 3.66. The highest BCUT2D eigenvalue weighted by Crippen LogP contribution is 2.35. The molecule has 3 heteroatoms. The van der Waals surface area contributed by atoms with Crippen LogP contribution in [-0.2, 0) is 6.42 Å². The van der Waals surface area contributed by atoms with Gasteiger partial charge in [-0.15, -0.1) is 11.3 Å². The summed E-state index contributed by atoms with van der Waals surface area (Å²) in [7, 11) is 0. The van der Waals surface area contributed by atoms with Crippen LogP contribution in [0, 0.1) is 5.41 Å². The molecule has 0 aliphatic heterocycles. The van der Waals surface area contributed by atoms with Crippen LogP contribution in [0.2, 0.25) is 0 Å². The van der Waals surface area contributed by atoms with Gasteiger partial charge in [-0.2, -0.15) is 0 Å². The molecule has 0 bridgehead atoms. The molecule has 0 saturated carbocycles. The molecule has 16 heavy (non-hydrogen) atoms. The van der Waals surface area contributed by atoms with E-state index in [-0.39, 0.29) is 0 Å². The molecule has 1 aromatic rings. The third kappa shape index (κ3) is 3.57. The van der Waals surface area contributed by atoms with E-state index in [1.54, 1.807) is 0 Å². The van der Waals surface area contributed by atoms with Crippen LogP contribution in [-0.4, -0.2) is 13.1 Å². The monoisotopic (exact) mass is 303 g/mol. The Labute approximate surface area is 112 Å². The molecular weight excluding hydrogens is 282 g/mol. The molecule has 0 radical (unpaired) electrons. The summed E-state index contributed by atoms with van der Waals surface area (Å²) < 4.78 is 1.28. The highest BCUT2D eigenvalue weighted by Gasteiger charge is 2.27. The summed E-state index contributed by atoms with van der Waals surface area (Å²) >= 11 is 5.50. The maximum absolute atomic E-state index is 3.64. The highest BCUT2D eigenvalue weighted by atomic mass is 79.9. The molecular formula is C13H22BrNS. The lowest BCUT2D eigenvalue weighted by molar-refractivity contribution is 0.250. The Hall–Kier alpha value is 0.140. The minimum Gasteiger partial charge on any atom is -0.316 e. The topological polar surface area (TPSA) is 12.0 Å². The zero-order valence-electron chi connectivity index (χ0n) is 10.5. The van der Waals surface area contributed by atoms with E-state index in [9.17, 15) is 0 Å². The molecule has 1 aromatic heterocycles. The summed E-state index contributed by atoms with van der Waals surface area (Å²) in [4.78, 5) is 1.49. The SMILES string of the molecule is CCNCC(CC)(CC)Cc1sccc1Br. The summed E-state index contributed by atoms with van der Waals surface area (Å²) in [5.74, 6) is 0. The Kier molecular flexibility index (Phi) is 6.01. The van der Waals surface area contributed by atoms with E-state index in [1.165, 1.54) is 28.6 Å². The number of hydrogen-bond donors (Lipinski definition) is 1. The molecule has 1 rings (SSSR count). The molecule has 0 aliphatic carbocycles. The van der Waals surface area contributed by atoms with Crippen molar-refractivity contribution in [3.63, 3.8) is 0 Å². The summed E-state index contributed by atoms with van der Waals surface area (Å²) in [6.07, 6.45) is 3.66. The van der Waals surface area contributed by atoms with Crippen molar-refractivity contribution in [1.82, 2.24) is 5.32 Å². The zero-order valence-corrected chi connectivity index (χ0v) is 12.9. The van der Waals surface area contributed by atoms with Gasteiger partial charge in [0.15, 0.2) is 0 Å². The number of thiophene rings is 1. The van der Waals surface area contributed by atoms with Crippen LogP contribution in [0.1, 0.15) is 38.5 Å². The van der Waals surface area contributed by atoms with Gasteiger partial charge in [-0.25, -0.2) is 0 Å². The van der Waals surface area contributed by atoms with Crippen LogP contribution < -0.4 is 5.32 Å². The third-order valence-corrected chi connectivity index (χ3v) is 5.40. The van der Waals surface area contributed by atoms with E-state index in [0.29, 0.717) is 5.41 Å². The van der Waals surface area contributed by atoms with E-state index in [4.69, 9.17) is 0 Å². The number of rotatable bonds is 7. The van der Waals surface area contributed by atoms with Crippen molar-refractivity contribution in [1.29, 1.82) is 0 Å². The van der Waals surface area contributed by atoms with Crippen LogP contribution in [0.5, 0.6) is 0 Å². The number of hydrogen-bond acceptors (Lipinski definition) is 2. The maximum Gasteiger partial charge on any atom is 0.0314 e. The van der Waals surface area contributed by atoms with Crippen molar-refractivity contribution < 1.29 is 0 Å². The van der Waals surface area contributed by atoms with Crippen molar-refractivity contribution in [3.05, 3.63) is 20.8 Å². The van der Waals surface area contributed by atoms with Crippen molar-refractivity contribution >= 4 is 27.3 Å². The second-order valence-electron chi connectivity index (χ2n) is 4.36. The van der Waals surface area contributed by atoms with E-state index < -0.39 is 0 Å². The van der Waals surface area contributed by atoms with E-state index in [0.717, 1.165) is 13.1 Å². The van der Waals surface area contributed by atoms with Crippen molar-refractivity contribution in [3.8, 4) is 0 Å². The lowest BCUT2D eigenvalue weighted by atomic mass is 9.78. The first-order chi connectivity index (χ1) is 7.67. The highest BCUT2D eigenvalue weighted by molar-refractivity contribution is 9.10. The fraction of sp³-hybridized carbons (Fsp3) is 0.692. The number of nitrogens with one attached hydrogen (secondary N) is 1. The Morgan fingerprint density at radius 1 is 1.31 bits per heavy atom. The quantitative estimate of drug-likeness (QED) is 0.783. The first kappa shape index (κ1) is 14.2. The molecule has 0 saturated heterocycles. The summed E-state index contributed by atoms with van der Waals surface area (Å²) in [6, 6.07) is 2.16. The summed E-state index contributed by atoms with van der Waals surface area (Å²) in [6.45, 7) is 8.98. The molecule has 0 aliphatic rings. The van der Waals surface area contributed by atoms with Gasteiger partial charge in [0.25, 0.3) is 0 Å². The second kappa shape index (κ2) is 6.77. The van der Waals surface area contributed by atoms with Crippen LogP contribution >= 0.6 is 27.3 Å². The number of halogens is 1. The van der Waals surface area contributed by atoms with E-state index in [2.05, 4.69) is 53.5 Å². The van der Waals surface area contributed by atoms with Crippen LogP contribution in [0.4, 0.5) is 0 Å². The standard InChI is InChI=1S/C13H22BrNS/c1-4-13(5-2,10-15-6-3)9-12-11(14)7-8-16-12/h7-8,15H,4-6,9-10H2,1-3H3. The largest absolute Gasteiger partial charge is 0.316 e. The van der Waals surface area contributed by atoms with Gasteiger partial charge in [-0.1, -0.05) is 20.8 Å². The predicted octanol–water partition coefficient (Wildman–Crippen LogP) is 4.47. The minimum atomic E-state index is 0.420. The second-order valence-corrected chi connectivity index (χ2v) is 6.21. The Morgan fingerprint density at radius 2 is 2.00 bits per heavy atom. The van der Waals surface area contributed by atoms with Gasteiger partial charge >= 0.3 is 0 Å². The summed E-state index contributed by atoms with van der Waals surface area (Å²) in [5, 5.41) is 5.68. The molecule has 1 heterocycles. The maximum atomic E-state index is 3.64. The molecule has 0 unspecified atom stereocenters. The summed E-state index contributed by atoms with van der Waals surface area (Å²) in [5.41, 5.74) is 0.420. The van der Waals surface area contributed by atoms with Gasteiger partial charge in [0, 0.05) is 15.9 Å². The normalized spacial score (nSPS) is 12.0. The Morgan fingerprint density at radius 3 is 2.44 bits per heavy atom. The lowest BCUT2D eigenvalue weighted by Crippen LogP contribution is -2.35. The van der Waals surface area contributed by atoms with Gasteiger partial charge < -0.3 is 5.32 Å². The van der Waals surface area contributed by atoms with Crippen LogP contribution in [0.25, 0.3) is 0 Å². The van der Waals surface area contributed by atoms with Gasteiger partial charge in [0.2, 0.25) is 0 Å². The van der Waals surface area contributed by atoms with E-state index >= 15 is 0 Å². The van der Waals surface area contributed by atoms with Gasteiger partial charge in [-0.3, -0.25) is 0 Å². The molecule has 1 nitrogen and oxygen atoms in total. The average molecular weight is 304 g/mol. The van der Waals surface area contributed by atoms with Crippen LogP contribution in [0.3, 0.4) is 0 Å². The molecule has 0 amide bonds. The molecule has 92 valence electrons. The van der Waals surface area contributed by atoms with Gasteiger partial charge in [-0.05, 0) is 58.6 Å². The first-order valence-electron chi connectivity index (χ1n) is 6.10. The first-order valence-corrected chi connectivity index (χ1v) is 7.77. The van der Waals surface area contributed by atoms with Crippen molar-refractivity contribution in [2.75, 3.05) is 13.1 Å². The lowest BCUT2D eigenvalue weighted by Gasteiger charge is -2.32. The smallest absolute Gasteiger partial charge is 0.0314 e. The van der Waals surface area contributed by atoms with Crippen LogP contribution in [0.15, 0.2) is 15.9 Å². The molecule has 0 spiro atoms. The molecule has 0 atom stereocenters. The third-order valence-electron chi connectivity index (χ3n) is 3.48. The predicted molar refractivity (Wildman–Crippen MR) is 77.3 cm³/mol. The Bertz CT molecular complexity index is 305. The van der Waals surface area contributed by atoms with Crippen molar-refractivity contribution in [2.24, 2.45) is 5.41 Å². The average Bonchev–Trinajstić information content (AvgIpc) is 2.70. The van der Waals surface area contributed by atoms with Crippen molar-refractivity contribution in [2.45, 2.75) is 40.0 Å². The van der Waals surface area contributed by atoms with Gasteiger partial charge in [0.05, 0.1) is 0 Å². The zero-order chi connectivity index (χ0) is 12.0.